The third-order valence-electron chi connectivity index (χ3n) is 4.98. The van der Waals surface area contributed by atoms with Crippen molar-refractivity contribution in [1.82, 2.24) is 29.8 Å². The summed E-state index contributed by atoms with van der Waals surface area (Å²) in [7, 11) is 1.89. The molecule has 1 amide bonds. The minimum atomic E-state index is -0.330. The Kier molecular flexibility index (Phi) is 5.66. The Morgan fingerprint density at radius 1 is 1.26 bits per heavy atom. The predicted molar refractivity (Wildman–Crippen MR) is 113 cm³/mol. The van der Waals surface area contributed by atoms with Crippen LogP contribution in [0.3, 0.4) is 0 Å². The molecule has 8 nitrogen and oxygen atoms in total. The molecule has 0 radical (unpaired) electrons. The van der Waals surface area contributed by atoms with Gasteiger partial charge < -0.3 is 14.4 Å². The Hall–Kier alpha value is -3.75. The number of amides is 1. The molecular formula is C22H23FN6O2. The first-order valence-electron chi connectivity index (χ1n) is 9.98. The highest BCUT2D eigenvalue weighted by Gasteiger charge is 2.19. The monoisotopic (exact) mass is 422 g/mol. The molecule has 1 aromatic carbocycles. The maximum Gasteiger partial charge on any atom is 0.289 e. The van der Waals surface area contributed by atoms with Gasteiger partial charge in [-0.3, -0.25) is 9.48 Å². The normalized spacial score (nSPS) is 11.3. The summed E-state index contributed by atoms with van der Waals surface area (Å²) in [6.07, 6.45) is 5.28. The van der Waals surface area contributed by atoms with Crippen LogP contribution in [0.5, 0.6) is 0 Å². The van der Waals surface area contributed by atoms with Gasteiger partial charge in [0.05, 0.1) is 18.4 Å². The van der Waals surface area contributed by atoms with Gasteiger partial charge in [-0.1, -0.05) is 31.1 Å². The van der Waals surface area contributed by atoms with Crippen molar-refractivity contribution in [2.45, 2.75) is 26.3 Å². The topological polar surface area (TPSA) is 90.8 Å². The number of carbonyl (C=O) groups excluding carboxylic acids is 1. The molecule has 1 N–H and O–H groups in total. The van der Waals surface area contributed by atoms with Crippen LogP contribution in [0.2, 0.25) is 0 Å². The van der Waals surface area contributed by atoms with E-state index >= 15 is 0 Å². The lowest BCUT2D eigenvalue weighted by Gasteiger charge is -2.10. The number of benzene rings is 1. The molecule has 4 aromatic rings. The number of nitrogens with zero attached hydrogens (tertiary/aromatic N) is 5. The zero-order valence-electron chi connectivity index (χ0n) is 17.5. The molecule has 0 bridgehead atoms. The number of halogens is 1. The van der Waals surface area contributed by atoms with E-state index < -0.39 is 0 Å². The van der Waals surface area contributed by atoms with Crippen LogP contribution in [0, 0.1) is 5.82 Å². The second-order valence-electron chi connectivity index (χ2n) is 7.53. The molecule has 0 aliphatic heterocycles. The summed E-state index contributed by atoms with van der Waals surface area (Å²) >= 11 is 0. The van der Waals surface area contributed by atoms with E-state index in [-0.39, 0.29) is 23.4 Å². The Labute approximate surface area is 178 Å². The SMILES string of the molecule is CC(C)c1cc(C(=O)NCCn2ncc(-c3ccc(F)cc3)c2-c2nccn2C)on1. The van der Waals surface area contributed by atoms with Gasteiger partial charge in [-0.05, 0) is 23.6 Å². The third kappa shape index (κ3) is 4.25. The lowest BCUT2D eigenvalue weighted by Crippen LogP contribution is -2.27. The first-order chi connectivity index (χ1) is 14.9. The molecule has 0 aliphatic carbocycles. The molecule has 160 valence electrons. The summed E-state index contributed by atoms with van der Waals surface area (Å²) in [5.74, 6) is 0.453. The van der Waals surface area contributed by atoms with Crippen LogP contribution < -0.4 is 5.32 Å². The summed E-state index contributed by atoms with van der Waals surface area (Å²) in [5, 5.41) is 11.2. The predicted octanol–water partition coefficient (Wildman–Crippen LogP) is 3.63. The zero-order valence-corrected chi connectivity index (χ0v) is 17.5. The van der Waals surface area contributed by atoms with E-state index in [9.17, 15) is 9.18 Å². The number of carbonyl (C=O) groups is 1. The Bertz CT molecular complexity index is 1190. The molecule has 0 aliphatic rings. The van der Waals surface area contributed by atoms with Crippen molar-refractivity contribution in [1.29, 1.82) is 0 Å². The first kappa shape index (κ1) is 20.5. The minimum Gasteiger partial charge on any atom is -0.351 e. The van der Waals surface area contributed by atoms with Crippen molar-refractivity contribution in [3.8, 4) is 22.6 Å². The molecule has 3 aromatic heterocycles. The van der Waals surface area contributed by atoms with Crippen molar-refractivity contribution in [2.75, 3.05) is 6.54 Å². The Balaban J connectivity index is 1.55. The van der Waals surface area contributed by atoms with E-state index in [0.29, 0.717) is 13.1 Å². The number of hydrogen-bond donors (Lipinski definition) is 1. The van der Waals surface area contributed by atoms with Gasteiger partial charge in [0.25, 0.3) is 5.91 Å². The average molecular weight is 422 g/mol. The Morgan fingerprint density at radius 3 is 2.68 bits per heavy atom. The molecule has 0 fully saturated rings. The summed E-state index contributed by atoms with van der Waals surface area (Å²) < 4.78 is 22.2. The average Bonchev–Trinajstić information content (AvgIpc) is 3.48. The number of hydrogen-bond acceptors (Lipinski definition) is 5. The summed E-state index contributed by atoms with van der Waals surface area (Å²) in [5.41, 5.74) is 3.18. The maximum absolute atomic E-state index is 13.4. The van der Waals surface area contributed by atoms with Crippen LogP contribution in [0.25, 0.3) is 22.6 Å². The van der Waals surface area contributed by atoms with Gasteiger partial charge in [-0.25, -0.2) is 9.37 Å². The lowest BCUT2D eigenvalue weighted by atomic mass is 10.1. The van der Waals surface area contributed by atoms with Gasteiger partial charge in [0.2, 0.25) is 5.76 Å². The van der Waals surface area contributed by atoms with Crippen LogP contribution in [0.4, 0.5) is 4.39 Å². The second kappa shape index (κ2) is 8.55. The van der Waals surface area contributed by atoms with Crippen molar-refractivity contribution >= 4 is 5.91 Å². The van der Waals surface area contributed by atoms with Crippen LogP contribution in [-0.4, -0.2) is 36.9 Å². The first-order valence-corrected chi connectivity index (χ1v) is 9.98. The molecule has 9 heteroatoms. The third-order valence-corrected chi connectivity index (χ3v) is 4.98. The number of nitrogens with one attached hydrogen (secondary N) is 1. The molecule has 0 unspecified atom stereocenters. The summed E-state index contributed by atoms with van der Waals surface area (Å²) in [6.45, 7) is 4.71. The second-order valence-corrected chi connectivity index (χ2v) is 7.53. The van der Waals surface area contributed by atoms with Gasteiger partial charge in [-0.15, -0.1) is 0 Å². The minimum absolute atomic E-state index is 0.180. The van der Waals surface area contributed by atoms with Crippen LogP contribution in [-0.2, 0) is 13.6 Å². The van der Waals surface area contributed by atoms with E-state index in [4.69, 9.17) is 4.52 Å². The van der Waals surface area contributed by atoms with Crippen molar-refractivity contribution in [2.24, 2.45) is 7.05 Å². The van der Waals surface area contributed by atoms with Crippen LogP contribution in [0.1, 0.15) is 36.0 Å². The van der Waals surface area contributed by atoms with Gasteiger partial charge in [0.1, 0.15) is 11.5 Å². The fourth-order valence-electron chi connectivity index (χ4n) is 3.26. The molecule has 0 saturated carbocycles. The number of rotatable bonds is 7. The van der Waals surface area contributed by atoms with Crippen molar-refractivity contribution < 1.29 is 13.7 Å². The number of aryl methyl sites for hydroxylation is 1. The zero-order chi connectivity index (χ0) is 22.0. The van der Waals surface area contributed by atoms with E-state index in [1.165, 1.54) is 12.1 Å². The van der Waals surface area contributed by atoms with E-state index in [0.717, 1.165) is 28.3 Å². The fraction of sp³-hybridized carbons (Fsp3) is 0.273. The van der Waals surface area contributed by atoms with Gasteiger partial charge in [-0.2, -0.15) is 5.10 Å². The summed E-state index contributed by atoms with van der Waals surface area (Å²) in [6, 6.07) is 7.90. The highest BCUT2D eigenvalue weighted by molar-refractivity contribution is 5.91. The lowest BCUT2D eigenvalue weighted by molar-refractivity contribution is 0.0915. The van der Waals surface area contributed by atoms with Crippen molar-refractivity contribution in [3.63, 3.8) is 0 Å². The van der Waals surface area contributed by atoms with Gasteiger partial charge in [0.15, 0.2) is 5.82 Å². The van der Waals surface area contributed by atoms with E-state index in [1.54, 1.807) is 35.3 Å². The van der Waals surface area contributed by atoms with Crippen LogP contribution in [0.15, 0.2) is 53.4 Å². The smallest absolute Gasteiger partial charge is 0.289 e. The standard InChI is InChI=1S/C22H23FN6O2/c1-14(2)18-12-19(31-27-18)22(30)25-9-11-29-20(21-24-8-10-28(21)3)17(13-26-29)15-4-6-16(23)7-5-15/h4-8,10,12-14H,9,11H2,1-3H3,(H,25,30). The fourth-order valence-corrected chi connectivity index (χ4v) is 3.26. The van der Waals surface area contributed by atoms with E-state index in [2.05, 4.69) is 20.6 Å². The maximum atomic E-state index is 13.4. The quantitative estimate of drug-likeness (QED) is 0.491. The summed E-state index contributed by atoms with van der Waals surface area (Å²) in [4.78, 5) is 16.8. The van der Waals surface area contributed by atoms with Crippen LogP contribution >= 0.6 is 0 Å². The largest absolute Gasteiger partial charge is 0.351 e. The highest BCUT2D eigenvalue weighted by Crippen LogP contribution is 2.31. The number of imidazole rings is 1. The van der Waals surface area contributed by atoms with Gasteiger partial charge in [0, 0.05) is 37.6 Å². The molecule has 4 rings (SSSR count). The number of aromatic nitrogens is 5. The molecular weight excluding hydrogens is 399 g/mol. The van der Waals surface area contributed by atoms with Gasteiger partial charge >= 0.3 is 0 Å². The Morgan fingerprint density at radius 2 is 2.03 bits per heavy atom. The molecule has 31 heavy (non-hydrogen) atoms. The highest BCUT2D eigenvalue weighted by atomic mass is 19.1. The molecule has 0 spiro atoms. The molecule has 0 atom stereocenters. The molecule has 0 saturated heterocycles. The van der Waals surface area contributed by atoms with Crippen molar-refractivity contribution in [3.05, 3.63) is 66.2 Å². The molecule has 3 heterocycles. The van der Waals surface area contributed by atoms with E-state index in [1.807, 2.05) is 31.7 Å².